The Kier molecular flexibility index (Phi) is 5.50. The van der Waals surface area contributed by atoms with E-state index in [1.807, 2.05) is 24.3 Å². The van der Waals surface area contributed by atoms with Gasteiger partial charge in [0.05, 0.1) is 17.1 Å². The number of hydrogen-bond acceptors (Lipinski definition) is 9. The van der Waals surface area contributed by atoms with Gasteiger partial charge in [0, 0.05) is 54.8 Å². The number of pyridine rings is 1. The van der Waals surface area contributed by atoms with Crippen LogP contribution in [0.3, 0.4) is 0 Å². The van der Waals surface area contributed by atoms with Crippen LogP contribution in [0.15, 0.2) is 78.1 Å². The van der Waals surface area contributed by atoms with Crippen molar-refractivity contribution >= 4 is 49.3 Å². The first kappa shape index (κ1) is 22.4. The molecule has 6 rings (SSSR count). The van der Waals surface area contributed by atoms with E-state index >= 15 is 0 Å². The van der Waals surface area contributed by atoms with Gasteiger partial charge in [-0.1, -0.05) is 18.2 Å². The molecule has 1 fully saturated rings. The van der Waals surface area contributed by atoms with Crippen molar-refractivity contribution in [3.63, 3.8) is 0 Å². The van der Waals surface area contributed by atoms with Crippen LogP contribution in [-0.2, 0) is 10.0 Å². The third-order valence-corrected chi connectivity index (χ3v) is 7.85. The fraction of sp³-hybridized carbons (Fsp3) is 0.200. The number of rotatable bonds is 5. The van der Waals surface area contributed by atoms with Crippen molar-refractivity contribution in [1.29, 1.82) is 0 Å². The number of aromatic nitrogens is 5. The van der Waals surface area contributed by atoms with Gasteiger partial charge in [-0.25, -0.2) is 4.98 Å². The molecule has 2 aromatic carbocycles. The molecule has 0 bridgehead atoms. The Morgan fingerprint density at radius 3 is 2.67 bits per heavy atom. The van der Waals surface area contributed by atoms with Gasteiger partial charge in [-0.15, -0.1) is 4.09 Å². The van der Waals surface area contributed by atoms with E-state index in [1.165, 1.54) is 12.3 Å². The van der Waals surface area contributed by atoms with Crippen LogP contribution in [0, 0.1) is 0 Å². The zero-order valence-corrected chi connectivity index (χ0v) is 20.4. The molecule has 182 valence electrons. The molecule has 0 unspecified atom stereocenters. The first-order valence-electron chi connectivity index (χ1n) is 11.6. The number of nitrogens with zero attached hydrogens (tertiary/aromatic N) is 6. The Morgan fingerprint density at radius 1 is 1.00 bits per heavy atom. The average molecular weight is 501 g/mol. The summed E-state index contributed by atoms with van der Waals surface area (Å²) in [5.41, 5.74) is 2.52. The molecule has 3 aromatic heterocycles. The van der Waals surface area contributed by atoms with Crippen molar-refractivity contribution in [1.82, 2.24) is 29.5 Å². The van der Waals surface area contributed by atoms with Crippen molar-refractivity contribution in [2.75, 3.05) is 29.9 Å². The first-order valence-corrected chi connectivity index (χ1v) is 13.1. The Labute approximate surface area is 208 Å². The van der Waals surface area contributed by atoms with Crippen LogP contribution in [0.4, 0.5) is 17.3 Å². The van der Waals surface area contributed by atoms with Gasteiger partial charge < -0.3 is 15.5 Å². The standard InChI is InChI=1S/C25H24N8O2S/c1-17-16-32(13-12-26-17)21-9-7-20(8-10-21)30-25-28-14-19-15-29-33(24(19)31-25)36(34,35)22-6-2-4-18-5-3-11-27-23(18)22/h2-11,14-15,17,26H,12-13,16H2,1H3,(H,28,30,31)/t17-/m0/s1. The van der Waals surface area contributed by atoms with Crippen LogP contribution in [0.2, 0.25) is 0 Å². The van der Waals surface area contributed by atoms with Crippen LogP contribution in [0.1, 0.15) is 6.92 Å². The lowest BCUT2D eigenvalue weighted by molar-refractivity contribution is 0.485. The fourth-order valence-electron chi connectivity index (χ4n) is 4.46. The van der Waals surface area contributed by atoms with Gasteiger partial charge in [0.25, 0.3) is 10.0 Å². The number of para-hydroxylation sites is 1. The SMILES string of the molecule is C[C@H]1CN(c2ccc(Nc3ncc4cnn(S(=O)(=O)c5cccc6cccnc56)c4n3)cc2)CCN1. The zero-order valence-electron chi connectivity index (χ0n) is 19.5. The largest absolute Gasteiger partial charge is 0.369 e. The second-order valence-electron chi connectivity index (χ2n) is 8.77. The van der Waals surface area contributed by atoms with Crippen molar-refractivity contribution in [2.45, 2.75) is 17.9 Å². The maximum atomic E-state index is 13.6. The van der Waals surface area contributed by atoms with Gasteiger partial charge in [0.15, 0.2) is 5.65 Å². The van der Waals surface area contributed by atoms with E-state index in [-0.39, 0.29) is 16.5 Å². The highest BCUT2D eigenvalue weighted by atomic mass is 32.2. The molecule has 36 heavy (non-hydrogen) atoms. The summed E-state index contributed by atoms with van der Waals surface area (Å²) in [5, 5.41) is 12.0. The van der Waals surface area contributed by atoms with Crippen molar-refractivity contribution < 1.29 is 8.42 Å². The second kappa shape index (κ2) is 8.85. The van der Waals surface area contributed by atoms with Gasteiger partial charge in [-0.05, 0) is 43.3 Å². The van der Waals surface area contributed by atoms with Crippen LogP contribution in [0.25, 0.3) is 21.9 Å². The summed E-state index contributed by atoms with van der Waals surface area (Å²) in [7, 11) is -4.05. The van der Waals surface area contributed by atoms with Gasteiger partial charge in [0.1, 0.15) is 4.90 Å². The van der Waals surface area contributed by atoms with Crippen molar-refractivity contribution in [3.8, 4) is 0 Å². The third-order valence-electron chi connectivity index (χ3n) is 6.24. The molecule has 2 N–H and O–H groups in total. The maximum Gasteiger partial charge on any atom is 0.287 e. The summed E-state index contributed by atoms with van der Waals surface area (Å²) >= 11 is 0. The fourth-order valence-corrected chi connectivity index (χ4v) is 5.86. The summed E-state index contributed by atoms with van der Waals surface area (Å²) in [6.45, 7) is 5.05. The van der Waals surface area contributed by atoms with Gasteiger partial charge in [-0.2, -0.15) is 18.5 Å². The molecule has 0 amide bonds. The van der Waals surface area contributed by atoms with Gasteiger partial charge in [0.2, 0.25) is 5.95 Å². The predicted molar refractivity (Wildman–Crippen MR) is 139 cm³/mol. The van der Waals surface area contributed by atoms with E-state index in [0.717, 1.165) is 40.5 Å². The number of piperazine rings is 1. The van der Waals surface area contributed by atoms with Gasteiger partial charge in [-0.3, -0.25) is 4.98 Å². The Hall–Kier alpha value is -4.09. The predicted octanol–water partition coefficient (Wildman–Crippen LogP) is 3.15. The number of anilines is 3. The number of nitrogens with one attached hydrogen (secondary N) is 2. The molecule has 11 heteroatoms. The van der Waals surface area contributed by atoms with E-state index in [1.54, 1.807) is 24.5 Å². The molecule has 0 spiro atoms. The highest BCUT2D eigenvalue weighted by molar-refractivity contribution is 7.90. The van der Waals surface area contributed by atoms with E-state index in [9.17, 15) is 8.42 Å². The zero-order chi connectivity index (χ0) is 24.7. The summed E-state index contributed by atoms with van der Waals surface area (Å²) in [5.74, 6) is 0.277. The highest BCUT2D eigenvalue weighted by Gasteiger charge is 2.24. The molecule has 0 saturated carbocycles. The molecule has 10 nitrogen and oxygen atoms in total. The van der Waals surface area contributed by atoms with Crippen LogP contribution < -0.4 is 15.5 Å². The quantitative estimate of drug-likeness (QED) is 0.375. The highest BCUT2D eigenvalue weighted by Crippen LogP contribution is 2.26. The molecular weight excluding hydrogens is 476 g/mol. The lowest BCUT2D eigenvalue weighted by Crippen LogP contribution is -2.49. The smallest absolute Gasteiger partial charge is 0.287 e. The molecule has 1 atom stereocenters. The normalized spacial score (nSPS) is 16.5. The number of hydrogen-bond donors (Lipinski definition) is 2. The Morgan fingerprint density at radius 2 is 1.83 bits per heavy atom. The van der Waals surface area contributed by atoms with E-state index < -0.39 is 10.0 Å². The molecule has 0 radical (unpaired) electrons. The minimum atomic E-state index is -4.05. The van der Waals surface area contributed by atoms with Crippen molar-refractivity contribution in [2.24, 2.45) is 0 Å². The molecule has 1 aliphatic rings. The first-order chi connectivity index (χ1) is 17.5. The molecule has 5 aromatic rings. The van der Waals surface area contributed by atoms with E-state index in [0.29, 0.717) is 16.9 Å². The average Bonchev–Trinajstić information content (AvgIpc) is 3.33. The lowest BCUT2D eigenvalue weighted by atomic mass is 10.2. The van der Waals surface area contributed by atoms with Crippen LogP contribution in [-0.4, -0.2) is 58.2 Å². The summed E-state index contributed by atoms with van der Waals surface area (Å²) in [4.78, 5) is 15.5. The van der Waals surface area contributed by atoms with Gasteiger partial charge >= 0.3 is 0 Å². The minimum Gasteiger partial charge on any atom is -0.369 e. The summed E-state index contributed by atoms with van der Waals surface area (Å²) in [6.07, 6.45) is 4.57. The van der Waals surface area contributed by atoms with Crippen LogP contribution in [0.5, 0.6) is 0 Å². The Balaban J connectivity index is 1.31. The van der Waals surface area contributed by atoms with E-state index in [2.05, 4.69) is 54.6 Å². The summed E-state index contributed by atoms with van der Waals surface area (Å²) < 4.78 is 28.1. The molecule has 1 aliphatic heterocycles. The number of benzene rings is 2. The molecule has 4 heterocycles. The third kappa shape index (κ3) is 4.01. The summed E-state index contributed by atoms with van der Waals surface area (Å²) in [6, 6.07) is 17.1. The van der Waals surface area contributed by atoms with E-state index in [4.69, 9.17) is 0 Å². The topological polar surface area (TPSA) is 118 Å². The maximum absolute atomic E-state index is 13.6. The van der Waals surface area contributed by atoms with Crippen molar-refractivity contribution in [3.05, 3.63) is 73.2 Å². The number of fused-ring (bicyclic) bond motifs is 2. The minimum absolute atomic E-state index is 0.0662. The lowest BCUT2D eigenvalue weighted by Gasteiger charge is -2.33. The monoisotopic (exact) mass is 500 g/mol. The molecular formula is C25H24N8O2S. The molecule has 1 saturated heterocycles. The molecule has 0 aliphatic carbocycles. The Bertz CT molecular complexity index is 1660. The van der Waals surface area contributed by atoms with Crippen LogP contribution >= 0.6 is 0 Å². The second-order valence-corrected chi connectivity index (χ2v) is 10.5.